The number of rotatable bonds is 8. The molecule has 1 aliphatic rings. The van der Waals surface area contributed by atoms with Crippen molar-refractivity contribution >= 4 is 29.4 Å². The van der Waals surface area contributed by atoms with E-state index in [-0.39, 0.29) is 25.0 Å². The van der Waals surface area contributed by atoms with E-state index in [1.807, 2.05) is 6.92 Å². The Morgan fingerprint density at radius 2 is 2.28 bits per heavy atom. The summed E-state index contributed by atoms with van der Waals surface area (Å²) in [6.07, 6.45) is 1.56. The average molecular weight is 364 g/mol. The predicted octanol–water partition coefficient (Wildman–Crippen LogP) is 1.51. The standard InChI is InChI=1S/C16H20N4O4S/c1-2-23-8-15(22)18-16-12-9-25-10-13(12)19-20(16)7-14(21)17-6-11-4-3-5-24-11/h3-5H,2,6-10H2,1H3,(H,17,21)(H,18,22). The van der Waals surface area contributed by atoms with Gasteiger partial charge in [-0.15, -0.1) is 0 Å². The molecule has 8 nitrogen and oxygen atoms in total. The second kappa shape index (κ2) is 8.21. The van der Waals surface area contributed by atoms with E-state index < -0.39 is 0 Å². The van der Waals surface area contributed by atoms with Crippen LogP contribution >= 0.6 is 11.8 Å². The first-order valence-electron chi connectivity index (χ1n) is 8.00. The zero-order valence-electron chi connectivity index (χ0n) is 13.9. The molecule has 0 aromatic carbocycles. The SMILES string of the molecule is CCOCC(=O)Nc1c2c(nn1CC(=O)NCc1ccco1)CSC2. The molecule has 2 aromatic rings. The highest BCUT2D eigenvalue weighted by Gasteiger charge is 2.24. The van der Waals surface area contributed by atoms with E-state index in [4.69, 9.17) is 9.15 Å². The molecule has 0 aliphatic carbocycles. The fourth-order valence-electron chi connectivity index (χ4n) is 2.47. The van der Waals surface area contributed by atoms with Crippen LogP contribution in [0.2, 0.25) is 0 Å². The van der Waals surface area contributed by atoms with Crippen molar-refractivity contribution in [2.45, 2.75) is 31.5 Å². The molecule has 0 bridgehead atoms. The van der Waals surface area contributed by atoms with Gasteiger partial charge < -0.3 is 19.8 Å². The van der Waals surface area contributed by atoms with E-state index >= 15 is 0 Å². The van der Waals surface area contributed by atoms with Crippen molar-refractivity contribution < 1.29 is 18.7 Å². The molecular formula is C16H20N4O4S. The zero-order valence-corrected chi connectivity index (χ0v) is 14.7. The summed E-state index contributed by atoms with van der Waals surface area (Å²) in [5.41, 5.74) is 1.89. The third kappa shape index (κ3) is 4.43. The average Bonchev–Trinajstić information content (AvgIpc) is 3.31. The molecule has 2 aromatic heterocycles. The van der Waals surface area contributed by atoms with E-state index in [9.17, 15) is 9.59 Å². The molecule has 0 atom stereocenters. The van der Waals surface area contributed by atoms with E-state index in [0.717, 1.165) is 22.8 Å². The number of furan rings is 1. The maximum atomic E-state index is 12.2. The molecule has 0 spiro atoms. The third-order valence-corrected chi connectivity index (χ3v) is 4.62. The lowest BCUT2D eigenvalue weighted by Crippen LogP contribution is -2.29. The number of aromatic nitrogens is 2. The summed E-state index contributed by atoms with van der Waals surface area (Å²) in [7, 11) is 0. The fraction of sp³-hybridized carbons (Fsp3) is 0.438. The van der Waals surface area contributed by atoms with Crippen LogP contribution in [0.1, 0.15) is 23.9 Å². The Kier molecular flexibility index (Phi) is 5.77. The number of fused-ring (bicyclic) bond motifs is 1. The van der Waals surface area contributed by atoms with Gasteiger partial charge in [-0.1, -0.05) is 0 Å². The van der Waals surface area contributed by atoms with Crippen molar-refractivity contribution in [2.24, 2.45) is 0 Å². The van der Waals surface area contributed by atoms with Gasteiger partial charge in [-0.05, 0) is 19.1 Å². The largest absolute Gasteiger partial charge is 0.467 e. The molecule has 2 N–H and O–H groups in total. The molecule has 0 saturated carbocycles. The van der Waals surface area contributed by atoms with Crippen LogP contribution in [0.5, 0.6) is 0 Å². The van der Waals surface area contributed by atoms with Crippen LogP contribution in [0.3, 0.4) is 0 Å². The van der Waals surface area contributed by atoms with Crippen LogP contribution < -0.4 is 10.6 Å². The van der Waals surface area contributed by atoms with Crippen molar-refractivity contribution in [2.75, 3.05) is 18.5 Å². The van der Waals surface area contributed by atoms with Crippen molar-refractivity contribution in [3.63, 3.8) is 0 Å². The minimum atomic E-state index is -0.251. The zero-order chi connectivity index (χ0) is 17.6. The number of carbonyl (C=O) groups excluding carboxylic acids is 2. The van der Waals surface area contributed by atoms with Gasteiger partial charge in [-0.3, -0.25) is 9.59 Å². The summed E-state index contributed by atoms with van der Waals surface area (Å²) < 4.78 is 11.9. The number of hydrogen-bond acceptors (Lipinski definition) is 6. The van der Waals surface area contributed by atoms with Gasteiger partial charge in [0, 0.05) is 23.7 Å². The number of amides is 2. The van der Waals surface area contributed by atoms with Crippen molar-refractivity contribution in [3.8, 4) is 0 Å². The molecular weight excluding hydrogens is 344 g/mol. The van der Waals surface area contributed by atoms with Gasteiger partial charge in [0.15, 0.2) is 0 Å². The highest BCUT2D eigenvalue weighted by Crippen LogP contribution is 2.34. The maximum absolute atomic E-state index is 12.2. The van der Waals surface area contributed by atoms with Gasteiger partial charge in [0.1, 0.15) is 24.7 Å². The molecule has 0 radical (unpaired) electrons. The number of nitrogens with one attached hydrogen (secondary N) is 2. The Balaban J connectivity index is 1.65. The van der Waals surface area contributed by atoms with Crippen LogP contribution in [0.25, 0.3) is 0 Å². The highest BCUT2D eigenvalue weighted by atomic mass is 32.2. The normalized spacial score (nSPS) is 12.8. The summed E-state index contributed by atoms with van der Waals surface area (Å²) in [6.45, 7) is 2.62. The van der Waals surface area contributed by atoms with Gasteiger partial charge in [0.2, 0.25) is 5.91 Å². The van der Waals surface area contributed by atoms with Crippen LogP contribution in [0.15, 0.2) is 22.8 Å². The van der Waals surface area contributed by atoms with Crippen molar-refractivity contribution in [1.29, 1.82) is 0 Å². The minimum Gasteiger partial charge on any atom is -0.467 e. The number of anilines is 1. The lowest BCUT2D eigenvalue weighted by Gasteiger charge is -2.11. The predicted molar refractivity (Wildman–Crippen MR) is 92.9 cm³/mol. The van der Waals surface area contributed by atoms with Crippen LogP contribution in [-0.2, 0) is 38.9 Å². The van der Waals surface area contributed by atoms with Crippen LogP contribution in [0, 0.1) is 0 Å². The molecule has 25 heavy (non-hydrogen) atoms. The molecule has 0 saturated heterocycles. The van der Waals surface area contributed by atoms with Gasteiger partial charge in [0.25, 0.3) is 5.91 Å². The Morgan fingerprint density at radius 1 is 1.40 bits per heavy atom. The van der Waals surface area contributed by atoms with Crippen molar-refractivity contribution in [3.05, 3.63) is 35.4 Å². The van der Waals surface area contributed by atoms with Gasteiger partial charge in [-0.25, -0.2) is 4.68 Å². The fourth-order valence-corrected chi connectivity index (χ4v) is 3.51. The number of ether oxygens (including phenoxy) is 1. The monoisotopic (exact) mass is 364 g/mol. The summed E-state index contributed by atoms with van der Waals surface area (Å²) in [5, 5.41) is 10.1. The molecule has 134 valence electrons. The van der Waals surface area contributed by atoms with Gasteiger partial charge in [0.05, 0.1) is 18.5 Å². The van der Waals surface area contributed by atoms with Crippen LogP contribution in [0.4, 0.5) is 5.82 Å². The maximum Gasteiger partial charge on any atom is 0.251 e. The first kappa shape index (κ1) is 17.6. The second-order valence-corrected chi connectivity index (χ2v) is 6.45. The Labute approximate surface area is 149 Å². The minimum absolute atomic E-state index is 0.0196. The third-order valence-electron chi connectivity index (χ3n) is 3.65. The first-order chi connectivity index (χ1) is 12.2. The highest BCUT2D eigenvalue weighted by molar-refractivity contribution is 7.98. The summed E-state index contributed by atoms with van der Waals surface area (Å²) in [6, 6.07) is 3.56. The first-order valence-corrected chi connectivity index (χ1v) is 9.15. The molecule has 3 rings (SSSR count). The lowest BCUT2D eigenvalue weighted by molar-refractivity contribution is -0.122. The van der Waals surface area contributed by atoms with Gasteiger partial charge >= 0.3 is 0 Å². The van der Waals surface area contributed by atoms with E-state index in [1.165, 1.54) is 0 Å². The van der Waals surface area contributed by atoms with E-state index in [0.29, 0.717) is 24.7 Å². The number of thioether (sulfide) groups is 1. The molecule has 1 aliphatic heterocycles. The summed E-state index contributed by atoms with van der Waals surface area (Å²) >= 11 is 1.73. The molecule has 9 heteroatoms. The van der Waals surface area contributed by atoms with Gasteiger partial charge in [-0.2, -0.15) is 16.9 Å². The molecule has 0 unspecified atom stereocenters. The molecule has 0 fully saturated rings. The van der Waals surface area contributed by atoms with E-state index in [2.05, 4.69) is 15.7 Å². The second-order valence-electron chi connectivity index (χ2n) is 5.47. The van der Waals surface area contributed by atoms with Crippen molar-refractivity contribution in [1.82, 2.24) is 15.1 Å². The Morgan fingerprint density at radius 3 is 3.04 bits per heavy atom. The number of nitrogens with zero attached hydrogens (tertiary/aromatic N) is 2. The Bertz CT molecular complexity index is 742. The molecule has 3 heterocycles. The number of hydrogen-bond donors (Lipinski definition) is 2. The molecule has 2 amide bonds. The lowest BCUT2D eigenvalue weighted by atomic mass is 10.3. The smallest absolute Gasteiger partial charge is 0.251 e. The van der Waals surface area contributed by atoms with Crippen LogP contribution in [-0.4, -0.2) is 34.8 Å². The Hall–Kier alpha value is -2.26. The summed E-state index contributed by atoms with van der Waals surface area (Å²) in [5.74, 6) is 2.36. The quantitative estimate of drug-likeness (QED) is 0.737. The topological polar surface area (TPSA) is 98.4 Å². The number of carbonyl (C=O) groups is 2. The summed E-state index contributed by atoms with van der Waals surface area (Å²) in [4.78, 5) is 24.2. The van der Waals surface area contributed by atoms with E-state index in [1.54, 1.807) is 34.8 Å².